The fourth-order valence-electron chi connectivity index (χ4n) is 7.25. The molecule has 0 saturated carbocycles. The Morgan fingerprint density at radius 1 is 0.346 bits per heavy atom. The van der Waals surface area contributed by atoms with E-state index in [1.807, 2.05) is 24.3 Å². The van der Waals surface area contributed by atoms with Gasteiger partial charge in [-0.1, -0.05) is 133 Å². The number of hydrogen-bond acceptors (Lipinski definition) is 3. The number of para-hydroxylation sites is 4. The molecule has 10 rings (SSSR count). The second-order valence-corrected chi connectivity index (χ2v) is 12.9. The minimum atomic E-state index is 0.920. The quantitative estimate of drug-likeness (QED) is 0.178. The van der Waals surface area contributed by atoms with Crippen LogP contribution in [0.2, 0.25) is 0 Å². The zero-order valence-electron chi connectivity index (χ0n) is 28.1. The summed E-state index contributed by atoms with van der Waals surface area (Å²) in [6, 6.07) is 65.4. The maximum absolute atomic E-state index is 5.32. The highest BCUT2D eigenvalue weighted by atomic mass is 15.1. The molecule has 52 heavy (non-hydrogen) atoms. The summed E-state index contributed by atoms with van der Waals surface area (Å²) in [5, 5.41) is 2.26. The summed E-state index contributed by atoms with van der Waals surface area (Å²) in [6.07, 6.45) is 0. The highest BCUT2D eigenvalue weighted by molar-refractivity contribution is 5.97. The standard InChI is InChI=1S/C47H31N5/c1-3-13-34(14-4-1)46-49-40-19-9-11-21-43(40)51(46)37-27-23-32(24-28-37)42-31-36-17-7-8-18-39(36)45(48-42)33-25-29-38(30-26-33)52-44-22-12-10-20-41(44)50-47(52)35-15-5-2-6-16-35/h1-31H. The summed E-state index contributed by atoms with van der Waals surface area (Å²) >= 11 is 0. The van der Waals surface area contributed by atoms with Gasteiger partial charge < -0.3 is 0 Å². The van der Waals surface area contributed by atoms with E-state index in [9.17, 15) is 0 Å². The fraction of sp³-hybridized carbons (Fsp3) is 0. The van der Waals surface area contributed by atoms with Crippen LogP contribution in [0.4, 0.5) is 0 Å². The van der Waals surface area contributed by atoms with E-state index in [-0.39, 0.29) is 0 Å². The number of nitrogens with zero attached hydrogens (tertiary/aromatic N) is 5. The molecule has 0 saturated heterocycles. The summed E-state index contributed by atoms with van der Waals surface area (Å²) in [5.41, 5.74) is 12.3. The SMILES string of the molecule is c1ccc(-c2nc3ccccc3n2-c2ccc(-c3cc4ccccc4c(-c4ccc(-n5c(-c6ccccc6)nc6ccccc65)cc4)n3)cc2)cc1. The first-order chi connectivity index (χ1) is 25.8. The van der Waals surface area contributed by atoms with E-state index < -0.39 is 0 Å². The van der Waals surface area contributed by atoms with Gasteiger partial charge >= 0.3 is 0 Å². The first kappa shape index (κ1) is 29.8. The highest BCUT2D eigenvalue weighted by Crippen LogP contribution is 2.35. The van der Waals surface area contributed by atoms with Crippen molar-refractivity contribution < 1.29 is 0 Å². The van der Waals surface area contributed by atoms with E-state index in [2.05, 4.69) is 173 Å². The maximum Gasteiger partial charge on any atom is 0.145 e. The molecule has 0 unspecified atom stereocenters. The molecule has 0 amide bonds. The predicted molar refractivity (Wildman–Crippen MR) is 213 cm³/mol. The minimum absolute atomic E-state index is 0.920. The number of fused-ring (bicyclic) bond motifs is 3. The van der Waals surface area contributed by atoms with Crippen molar-refractivity contribution in [3.63, 3.8) is 0 Å². The van der Waals surface area contributed by atoms with Crippen LogP contribution in [0, 0.1) is 0 Å². The summed E-state index contributed by atoms with van der Waals surface area (Å²) < 4.78 is 4.48. The Labute approximate surface area is 300 Å². The van der Waals surface area contributed by atoms with Gasteiger partial charge in [-0.25, -0.2) is 15.0 Å². The molecule has 0 fully saturated rings. The smallest absolute Gasteiger partial charge is 0.145 e. The highest BCUT2D eigenvalue weighted by Gasteiger charge is 2.17. The molecule has 0 aliphatic rings. The van der Waals surface area contributed by atoms with Gasteiger partial charge in [0, 0.05) is 39.0 Å². The van der Waals surface area contributed by atoms with Gasteiger partial charge in [0.25, 0.3) is 0 Å². The van der Waals surface area contributed by atoms with E-state index >= 15 is 0 Å². The summed E-state index contributed by atoms with van der Waals surface area (Å²) in [5.74, 6) is 1.84. The number of benzene rings is 7. The van der Waals surface area contributed by atoms with Crippen LogP contribution in [0.3, 0.4) is 0 Å². The van der Waals surface area contributed by atoms with Crippen molar-refractivity contribution in [2.24, 2.45) is 0 Å². The van der Waals surface area contributed by atoms with Crippen LogP contribution in [0.5, 0.6) is 0 Å². The average Bonchev–Trinajstić information content (AvgIpc) is 3.81. The van der Waals surface area contributed by atoms with E-state index in [4.69, 9.17) is 15.0 Å². The van der Waals surface area contributed by atoms with Gasteiger partial charge in [0.15, 0.2) is 0 Å². The molecule has 5 nitrogen and oxygen atoms in total. The lowest BCUT2D eigenvalue weighted by Crippen LogP contribution is -1.98. The Balaban J connectivity index is 1.05. The normalized spacial score (nSPS) is 11.5. The average molecular weight is 666 g/mol. The van der Waals surface area contributed by atoms with Crippen molar-refractivity contribution in [1.29, 1.82) is 0 Å². The molecule has 10 aromatic rings. The molecule has 0 N–H and O–H groups in total. The van der Waals surface area contributed by atoms with Gasteiger partial charge in [0.1, 0.15) is 11.6 Å². The van der Waals surface area contributed by atoms with Crippen molar-refractivity contribution in [3.05, 3.63) is 188 Å². The molecule has 7 aromatic carbocycles. The predicted octanol–water partition coefficient (Wildman–Crippen LogP) is 11.6. The molecular weight excluding hydrogens is 635 g/mol. The third-order valence-electron chi connectivity index (χ3n) is 9.75. The van der Waals surface area contributed by atoms with Crippen LogP contribution in [0.15, 0.2) is 188 Å². The number of aromatic nitrogens is 5. The zero-order valence-corrected chi connectivity index (χ0v) is 28.1. The molecule has 0 radical (unpaired) electrons. The first-order valence-corrected chi connectivity index (χ1v) is 17.5. The van der Waals surface area contributed by atoms with E-state index in [0.29, 0.717) is 0 Å². The summed E-state index contributed by atoms with van der Waals surface area (Å²) in [7, 11) is 0. The lowest BCUT2D eigenvalue weighted by atomic mass is 10.0. The van der Waals surface area contributed by atoms with Crippen LogP contribution in [-0.4, -0.2) is 24.1 Å². The number of rotatable bonds is 6. The van der Waals surface area contributed by atoms with Crippen LogP contribution in [-0.2, 0) is 0 Å². The van der Waals surface area contributed by atoms with Crippen molar-refractivity contribution in [2.45, 2.75) is 0 Å². The number of pyridine rings is 1. The van der Waals surface area contributed by atoms with E-state index in [0.717, 1.165) is 89.5 Å². The van der Waals surface area contributed by atoms with Gasteiger partial charge in [-0.3, -0.25) is 9.13 Å². The Kier molecular flexibility index (Phi) is 7.07. The fourth-order valence-corrected chi connectivity index (χ4v) is 7.25. The van der Waals surface area contributed by atoms with Crippen molar-refractivity contribution >= 4 is 32.8 Å². The second kappa shape index (κ2) is 12.3. The molecule has 0 aliphatic heterocycles. The van der Waals surface area contributed by atoms with E-state index in [1.165, 1.54) is 0 Å². The van der Waals surface area contributed by atoms with Crippen molar-refractivity contribution in [3.8, 4) is 56.7 Å². The molecular formula is C47H31N5. The zero-order chi connectivity index (χ0) is 34.4. The van der Waals surface area contributed by atoms with Crippen LogP contribution >= 0.6 is 0 Å². The minimum Gasteiger partial charge on any atom is -0.292 e. The van der Waals surface area contributed by atoms with Gasteiger partial charge in [0.05, 0.1) is 33.5 Å². The third-order valence-corrected chi connectivity index (χ3v) is 9.75. The number of hydrogen-bond donors (Lipinski definition) is 0. The topological polar surface area (TPSA) is 48.5 Å². The van der Waals surface area contributed by atoms with Crippen molar-refractivity contribution in [1.82, 2.24) is 24.1 Å². The molecule has 0 spiro atoms. The maximum atomic E-state index is 5.32. The Hall–Kier alpha value is -7.11. The first-order valence-electron chi connectivity index (χ1n) is 17.5. The lowest BCUT2D eigenvalue weighted by molar-refractivity contribution is 1.10. The Bertz CT molecular complexity index is 2870. The molecule has 5 heteroatoms. The largest absolute Gasteiger partial charge is 0.292 e. The third kappa shape index (κ3) is 5.07. The Morgan fingerprint density at radius 2 is 0.808 bits per heavy atom. The van der Waals surface area contributed by atoms with Gasteiger partial charge in [-0.2, -0.15) is 0 Å². The van der Waals surface area contributed by atoms with Gasteiger partial charge in [-0.05, 0) is 60.0 Å². The Morgan fingerprint density at radius 3 is 1.37 bits per heavy atom. The molecule has 3 heterocycles. The lowest BCUT2D eigenvalue weighted by Gasteiger charge is -2.14. The summed E-state index contributed by atoms with van der Waals surface area (Å²) in [6.45, 7) is 0. The molecule has 0 aliphatic carbocycles. The van der Waals surface area contributed by atoms with Gasteiger partial charge in [-0.15, -0.1) is 0 Å². The van der Waals surface area contributed by atoms with Gasteiger partial charge in [0.2, 0.25) is 0 Å². The monoisotopic (exact) mass is 665 g/mol. The summed E-state index contributed by atoms with van der Waals surface area (Å²) in [4.78, 5) is 15.4. The van der Waals surface area contributed by atoms with Crippen molar-refractivity contribution in [2.75, 3.05) is 0 Å². The molecule has 0 bridgehead atoms. The number of imidazole rings is 2. The molecule has 244 valence electrons. The van der Waals surface area contributed by atoms with Crippen LogP contribution in [0.25, 0.3) is 89.5 Å². The van der Waals surface area contributed by atoms with Crippen LogP contribution in [0.1, 0.15) is 0 Å². The van der Waals surface area contributed by atoms with Crippen LogP contribution < -0.4 is 0 Å². The molecule has 3 aromatic heterocycles. The second-order valence-electron chi connectivity index (χ2n) is 12.9. The van der Waals surface area contributed by atoms with E-state index in [1.54, 1.807) is 0 Å². The molecule has 0 atom stereocenters.